The van der Waals surface area contributed by atoms with Crippen molar-refractivity contribution in [1.29, 1.82) is 0 Å². The molecule has 0 unspecified atom stereocenters. The maximum atomic E-state index is 12.9. The van der Waals surface area contributed by atoms with Crippen LogP contribution < -0.4 is 4.74 Å². The second-order valence-corrected chi connectivity index (χ2v) is 9.69. The number of methoxy groups -OCH3 is 1. The van der Waals surface area contributed by atoms with E-state index in [1.807, 2.05) is 31.2 Å². The number of fused-ring (bicyclic) bond motifs is 1. The Balaban J connectivity index is 1.46. The summed E-state index contributed by atoms with van der Waals surface area (Å²) in [5.74, 6) is 0.633. The molecule has 0 saturated carbocycles. The van der Waals surface area contributed by atoms with E-state index in [4.69, 9.17) is 21.3 Å². The highest BCUT2D eigenvalue weighted by Gasteiger charge is 2.29. The number of para-hydroxylation sites is 1. The molecule has 30 heavy (non-hydrogen) atoms. The van der Waals surface area contributed by atoms with Crippen molar-refractivity contribution in [3.63, 3.8) is 0 Å². The molecule has 0 spiro atoms. The zero-order chi connectivity index (χ0) is 21.3. The summed E-state index contributed by atoms with van der Waals surface area (Å²) >= 11 is 6.59. The average molecular weight is 446 g/mol. The maximum absolute atomic E-state index is 12.9. The zero-order valence-electron chi connectivity index (χ0n) is 17.0. The molecule has 2 aromatic carbocycles. The molecule has 0 radical (unpaired) electrons. The summed E-state index contributed by atoms with van der Waals surface area (Å²) in [6.07, 6.45) is 0. The lowest BCUT2D eigenvalue weighted by atomic mass is 10.1. The standard InChI is InChI=1S/C22H24ClN3O3S/c1-16-19-5-3-4-6-20(19)24-21(22(16)23)15-25-11-13-26(14-12-25)30(27,28)18-9-7-17(29-2)8-10-18/h3-10H,11-15H2,1-2H3. The normalized spacial score (nSPS) is 16.1. The van der Waals surface area contributed by atoms with Gasteiger partial charge in [0.05, 0.1) is 28.2 Å². The number of pyridine rings is 1. The fourth-order valence-electron chi connectivity index (χ4n) is 3.76. The van der Waals surface area contributed by atoms with E-state index in [2.05, 4.69) is 4.90 Å². The van der Waals surface area contributed by atoms with Gasteiger partial charge in [0.1, 0.15) is 5.75 Å². The van der Waals surface area contributed by atoms with Crippen LogP contribution >= 0.6 is 11.6 Å². The highest BCUT2D eigenvalue weighted by atomic mass is 35.5. The lowest BCUT2D eigenvalue weighted by Gasteiger charge is -2.34. The van der Waals surface area contributed by atoms with E-state index in [0.717, 1.165) is 22.2 Å². The fraction of sp³-hybridized carbons (Fsp3) is 0.318. The summed E-state index contributed by atoms with van der Waals surface area (Å²) in [7, 11) is -1.96. The van der Waals surface area contributed by atoms with Gasteiger partial charge < -0.3 is 4.74 Å². The largest absolute Gasteiger partial charge is 0.497 e. The van der Waals surface area contributed by atoms with Crippen LogP contribution in [-0.4, -0.2) is 55.9 Å². The predicted molar refractivity (Wildman–Crippen MR) is 119 cm³/mol. The van der Waals surface area contributed by atoms with E-state index < -0.39 is 10.0 Å². The second-order valence-electron chi connectivity index (χ2n) is 7.37. The van der Waals surface area contributed by atoms with Gasteiger partial charge in [-0.05, 0) is 42.8 Å². The minimum Gasteiger partial charge on any atom is -0.497 e. The fourth-order valence-corrected chi connectivity index (χ4v) is 5.38. The van der Waals surface area contributed by atoms with Crippen LogP contribution in [0.2, 0.25) is 5.02 Å². The number of aryl methyl sites for hydroxylation is 1. The van der Waals surface area contributed by atoms with Gasteiger partial charge in [-0.1, -0.05) is 29.8 Å². The first kappa shape index (κ1) is 21.1. The minimum atomic E-state index is -3.52. The molecule has 158 valence electrons. The summed E-state index contributed by atoms with van der Waals surface area (Å²) < 4.78 is 32.5. The molecule has 3 aromatic rings. The zero-order valence-corrected chi connectivity index (χ0v) is 18.6. The van der Waals surface area contributed by atoms with E-state index in [-0.39, 0.29) is 4.90 Å². The first-order chi connectivity index (χ1) is 14.4. The van der Waals surface area contributed by atoms with Gasteiger partial charge >= 0.3 is 0 Å². The molecule has 0 aliphatic carbocycles. The van der Waals surface area contributed by atoms with E-state index in [1.54, 1.807) is 31.4 Å². The molecule has 4 rings (SSSR count). The number of nitrogens with zero attached hydrogens (tertiary/aromatic N) is 3. The highest BCUT2D eigenvalue weighted by Crippen LogP contribution is 2.28. The molecule has 0 bridgehead atoms. The van der Waals surface area contributed by atoms with Crippen LogP contribution in [0, 0.1) is 6.92 Å². The summed E-state index contributed by atoms with van der Waals surface area (Å²) in [5, 5.41) is 1.74. The predicted octanol–water partition coefficient (Wildman–Crippen LogP) is 3.71. The van der Waals surface area contributed by atoms with E-state index >= 15 is 0 Å². The van der Waals surface area contributed by atoms with E-state index in [0.29, 0.717) is 43.5 Å². The van der Waals surface area contributed by atoms with Crippen molar-refractivity contribution < 1.29 is 13.2 Å². The molecule has 1 aliphatic heterocycles. The SMILES string of the molecule is COc1ccc(S(=O)(=O)N2CCN(Cc3nc4ccccc4c(C)c3Cl)CC2)cc1. The number of halogens is 1. The topological polar surface area (TPSA) is 62.7 Å². The van der Waals surface area contributed by atoms with E-state index in [9.17, 15) is 8.42 Å². The first-order valence-corrected chi connectivity index (χ1v) is 11.6. The third-order valence-electron chi connectivity index (χ3n) is 5.55. The molecule has 6 nitrogen and oxygen atoms in total. The third kappa shape index (κ3) is 4.03. The van der Waals surface area contributed by atoms with Gasteiger partial charge in [-0.2, -0.15) is 4.31 Å². The van der Waals surface area contributed by atoms with Crippen LogP contribution in [0.1, 0.15) is 11.3 Å². The summed E-state index contributed by atoms with van der Waals surface area (Å²) in [6.45, 7) is 4.71. The Morgan fingerprint density at radius 2 is 1.70 bits per heavy atom. The summed E-state index contributed by atoms with van der Waals surface area (Å²) in [5.41, 5.74) is 2.78. The van der Waals surface area contributed by atoms with Gasteiger partial charge in [0.25, 0.3) is 0 Å². The molecular formula is C22H24ClN3O3S. The summed E-state index contributed by atoms with van der Waals surface area (Å²) in [6, 6.07) is 14.5. The summed E-state index contributed by atoms with van der Waals surface area (Å²) in [4.78, 5) is 7.22. The van der Waals surface area contributed by atoms with E-state index in [1.165, 1.54) is 4.31 Å². The molecule has 1 saturated heterocycles. The molecule has 8 heteroatoms. The number of hydrogen-bond acceptors (Lipinski definition) is 5. The van der Waals surface area contributed by atoms with Gasteiger partial charge in [-0.3, -0.25) is 4.90 Å². The van der Waals surface area contributed by atoms with Crippen molar-refractivity contribution in [1.82, 2.24) is 14.2 Å². The van der Waals surface area contributed by atoms with Crippen LogP contribution in [0.5, 0.6) is 5.75 Å². The monoisotopic (exact) mass is 445 g/mol. The minimum absolute atomic E-state index is 0.284. The molecule has 1 fully saturated rings. The first-order valence-electron chi connectivity index (χ1n) is 9.80. The number of ether oxygens (including phenoxy) is 1. The Morgan fingerprint density at radius 1 is 1.03 bits per heavy atom. The number of hydrogen-bond donors (Lipinski definition) is 0. The lowest BCUT2D eigenvalue weighted by molar-refractivity contribution is 0.180. The Labute approximate surface area is 182 Å². The van der Waals surface area contributed by atoms with Crippen molar-refractivity contribution in [3.05, 3.63) is 64.8 Å². The smallest absolute Gasteiger partial charge is 0.243 e. The van der Waals surface area contributed by atoms with Crippen molar-refractivity contribution in [2.75, 3.05) is 33.3 Å². The highest BCUT2D eigenvalue weighted by molar-refractivity contribution is 7.89. The molecule has 1 aromatic heterocycles. The van der Waals surface area contributed by atoms with Gasteiger partial charge in [-0.15, -0.1) is 0 Å². The number of piperazine rings is 1. The molecule has 1 aliphatic rings. The Kier molecular flexibility index (Phi) is 5.97. The Bertz CT molecular complexity index is 1160. The molecule has 0 N–H and O–H groups in total. The van der Waals surface area contributed by atoms with Gasteiger partial charge in [0, 0.05) is 38.1 Å². The maximum Gasteiger partial charge on any atom is 0.243 e. The van der Waals surface area contributed by atoms with Crippen LogP contribution in [0.4, 0.5) is 0 Å². The Hall–Kier alpha value is -2.19. The third-order valence-corrected chi connectivity index (χ3v) is 7.96. The average Bonchev–Trinajstić information content (AvgIpc) is 2.78. The molecule has 0 atom stereocenters. The quantitative estimate of drug-likeness (QED) is 0.599. The molecule has 0 amide bonds. The van der Waals surface area contributed by atoms with Crippen LogP contribution in [0.15, 0.2) is 53.4 Å². The van der Waals surface area contributed by atoms with Crippen LogP contribution in [0.25, 0.3) is 10.9 Å². The molecular weight excluding hydrogens is 422 g/mol. The van der Waals surface area contributed by atoms with Gasteiger partial charge in [-0.25, -0.2) is 13.4 Å². The number of rotatable bonds is 5. The van der Waals surface area contributed by atoms with Gasteiger partial charge in [0.15, 0.2) is 0 Å². The Morgan fingerprint density at radius 3 is 2.37 bits per heavy atom. The lowest BCUT2D eigenvalue weighted by Crippen LogP contribution is -2.48. The van der Waals surface area contributed by atoms with Crippen molar-refractivity contribution >= 4 is 32.5 Å². The molecule has 2 heterocycles. The van der Waals surface area contributed by atoms with Crippen molar-refractivity contribution in [2.24, 2.45) is 0 Å². The van der Waals surface area contributed by atoms with Crippen molar-refractivity contribution in [3.8, 4) is 5.75 Å². The number of benzene rings is 2. The second kappa shape index (κ2) is 8.51. The van der Waals surface area contributed by atoms with Crippen molar-refractivity contribution in [2.45, 2.75) is 18.4 Å². The van der Waals surface area contributed by atoms with Gasteiger partial charge in [0.2, 0.25) is 10.0 Å². The number of sulfonamides is 1. The number of aromatic nitrogens is 1. The van der Waals surface area contributed by atoms with Crippen LogP contribution in [-0.2, 0) is 16.6 Å². The van der Waals surface area contributed by atoms with Crippen LogP contribution in [0.3, 0.4) is 0 Å².